The van der Waals surface area contributed by atoms with Gasteiger partial charge in [0.25, 0.3) is 0 Å². The zero-order valence-corrected chi connectivity index (χ0v) is 18.9. The van der Waals surface area contributed by atoms with Gasteiger partial charge < -0.3 is 24.8 Å². The average molecular weight is 443 g/mol. The van der Waals surface area contributed by atoms with E-state index >= 15 is 0 Å². The molecule has 1 aromatic carbocycles. The minimum atomic E-state index is -0.0534. The molecule has 2 saturated heterocycles. The Morgan fingerprint density at radius 2 is 1.50 bits per heavy atom. The van der Waals surface area contributed by atoms with E-state index in [0.717, 1.165) is 50.1 Å². The van der Waals surface area contributed by atoms with Crippen LogP contribution < -0.4 is 10.1 Å². The SMILES string of the molecule is COc1ccc(CCC(=O)N2CCN(C(=O)NC3CCN(C(=O)C4CC4)CC3)CC2)cc1. The van der Waals surface area contributed by atoms with E-state index in [1.165, 1.54) is 0 Å². The highest BCUT2D eigenvalue weighted by Gasteiger charge is 2.35. The molecule has 0 bridgehead atoms. The molecule has 1 saturated carbocycles. The summed E-state index contributed by atoms with van der Waals surface area (Å²) in [4.78, 5) is 43.0. The molecule has 3 aliphatic rings. The van der Waals surface area contributed by atoms with Crippen LogP contribution in [0, 0.1) is 5.92 Å². The monoisotopic (exact) mass is 442 g/mol. The standard InChI is InChI=1S/C24H34N4O4/c1-32-21-7-2-18(3-8-21)4-9-22(29)26-14-16-28(17-15-26)24(31)25-20-10-12-27(13-11-20)23(30)19-5-6-19/h2-3,7-8,19-20H,4-6,9-17H2,1H3,(H,25,31). The van der Waals surface area contributed by atoms with Gasteiger partial charge in [0.2, 0.25) is 11.8 Å². The Kier molecular flexibility index (Phi) is 7.17. The molecule has 3 fully saturated rings. The van der Waals surface area contributed by atoms with E-state index in [1.807, 2.05) is 34.1 Å². The topological polar surface area (TPSA) is 82.2 Å². The van der Waals surface area contributed by atoms with E-state index in [1.54, 1.807) is 12.0 Å². The van der Waals surface area contributed by atoms with Crippen LogP contribution >= 0.6 is 0 Å². The molecule has 1 N–H and O–H groups in total. The van der Waals surface area contributed by atoms with Crippen LogP contribution in [0.15, 0.2) is 24.3 Å². The molecule has 32 heavy (non-hydrogen) atoms. The smallest absolute Gasteiger partial charge is 0.317 e. The molecule has 4 rings (SSSR count). The third-order valence-corrected chi connectivity index (χ3v) is 6.77. The summed E-state index contributed by atoms with van der Waals surface area (Å²) in [5.41, 5.74) is 1.11. The Morgan fingerprint density at radius 1 is 0.875 bits per heavy atom. The molecule has 1 aliphatic carbocycles. The van der Waals surface area contributed by atoms with Crippen LogP contribution in [0.4, 0.5) is 4.79 Å². The van der Waals surface area contributed by atoms with Crippen LogP contribution in [0.5, 0.6) is 5.75 Å². The van der Waals surface area contributed by atoms with Crippen LogP contribution in [-0.2, 0) is 16.0 Å². The van der Waals surface area contributed by atoms with Crippen molar-refractivity contribution in [1.82, 2.24) is 20.0 Å². The molecule has 8 nitrogen and oxygen atoms in total. The predicted molar refractivity (Wildman–Crippen MR) is 120 cm³/mol. The van der Waals surface area contributed by atoms with Crippen molar-refractivity contribution in [3.8, 4) is 5.75 Å². The van der Waals surface area contributed by atoms with Crippen molar-refractivity contribution in [3.05, 3.63) is 29.8 Å². The number of carbonyl (C=O) groups is 3. The average Bonchev–Trinajstić information content (AvgIpc) is 3.68. The summed E-state index contributed by atoms with van der Waals surface area (Å²) in [6.45, 7) is 3.72. The van der Waals surface area contributed by atoms with Gasteiger partial charge in [0.1, 0.15) is 5.75 Å². The minimum absolute atomic E-state index is 0.0534. The van der Waals surface area contributed by atoms with Gasteiger partial charge in [0.05, 0.1) is 7.11 Å². The molecule has 2 aliphatic heterocycles. The van der Waals surface area contributed by atoms with Crippen molar-refractivity contribution in [2.45, 2.75) is 44.6 Å². The summed E-state index contributed by atoms with van der Waals surface area (Å²) in [6, 6.07) is 7.86. The number of hydrogen-bond acceptors (Lipinski definition) is 4. The molecular formula is C24H34N4O4. The number of urea groups is 1. The van der Waals surface area contributed by atoms with Gasteiger partial charge in [-0.1, -0.05) is 12.1 Å². The fraction of sp³-hybridized carbons (Fsp3) is 0.625. The van der Waals surface area contributed by atoms with Crippen LogP contribution in [0.25, 0.3) is 0 Å². The normalized spacial score (nSPS) is 19.6. The molecule has 0 spiro atoms. The summed E-state index contributed by atoms with van der Waals surface area (Å²) in [5.74, 6) is 1.50. The van der Waals surface area contributed by atoms with Gasteiger partial charge in [-0.3, -0.25) is 9.59 Å². The second-order valence-electron chi connectivity index (χ2n) is 9.04. The van der Waals surface area contributed by atoms with Crippen molar-refractivity contribution in [1.29, 1.82) is 0 Å². The van der Waals surface area contributed by atoms with Gasteiger partial charge in [-0.25, -0.2) is 4.79 Å². The molecule has 8 heteroatoms. The van der Waals surface area contributed by atoms with Gasteiger partial charge in [-0.05, 0) is 49.8 Å². The quantitative estimate of drug-likeness (QED) is 0.729. The number of ether oxygens (including phenoxy) is 1. The van der Waals surface area contributed by atoms with Crippen LogP contribution in [-0.4, -0.2) is 85.0 Å². The minimum Gasteiger partial charge on any atom is -0.497 e. The van der Waals surface area contributed by atoms with E-state index in [0.29, 0.717) is 44.9 Å². The van der Waals surface area contributed by atoms with E-state index in [2.05, 4.69) is 5.32 Å². The fourth-order valence-electron chi connectivity index (χ4n) is 4.46. The van der Waals surface area contributed by atoms with Gasteiger partial charge in [0, 0.05) is 57.6 Å². The number of aryl methyl sites for hydroxylation is 1. The largest absolute Gasteiger partial charge is 0.497 e. The summed E-state index contributed by atoms with van der Waals surface area (Å²) in [5, 5.41) is 3.13. The van der Waals surface area contributed by atoms with E-state index in [9.17, 15) is 14.4 Å². The lowest BCUT2D eigenvalue weighted by molar-refractivity contribution is -0.134. The summed E-state index contributed by atoms with van der Waals surface area (Å²) < 4.78 is 5.16. The Balaban J connectivity index is 1.14. The number of likely N-dealkylation sites (tertiary alicyclic amines) is 1. The second-order valence-corrected chi connectivity index (χ2v) is 9.04. The Hall–Kier alpha value is -2.77. The third kappa shape index (κ3) is 5.72. The first kappa shape index (κ1) is 22.4. The van der Waals surface area contributed by atoms with Crippen LogP contribution in [0.2, 0.25) is 0 Å². The summed E-state index contributed by atoms with van der Waals surface area (Å²) in [7, 11) is 1.64. The Labute approximate surface area is 189 Å². The first-order valence-corrected chi connectivity index (χ1v) is 11.8. The summed E-state index contributed by atoms with van der Waals surface area (Å²) >= 11 is 0. The first-order chi connectivity index (χ1) is 15.5. The number of hydrogen-bond donors (Lipinski definition) is 1. The number of piperidine rings is 1. The highest BCUT2D eigenvalue weighted by molar-refractivity contribution is 5.81. The maximum atomic E-state index is 12.7. The Bertz CT molecular complexity index is 808. The molecule has 0 aromatic heterocycles. The lowest BCUT2D eigenvalue weighted by atomic mass is 10.0. The van der Waals surface area contributed by atoms with E-state index < -0.39 is 0 Å². The van der Waals surface area contributed by atoms with Gasteiger partial charge in [-0.2, -0.15) is 0 Å². The number of benzene rings is 1. The third-order valence-electron chi connectivity index (χ3n) is 6.77. The maximum absolute atomic E-state index is 12.7. The highest BCUT2D eigenvalue weighted by atomic mass is 16.5. The van der Waals surface area contributed by atoms with Gasteiger partial charge in [0.15, 0.2) is 0 Å². The molecule has 174 valence electrons. The molecule has 4 amide bonds. The molecule has 1 aromatic rings. The lowest BCUT2D eigenvalue weighted by Crippen LogP contribution is -2.56. The highest BCUT2D eigenvalue weighted by Crippen LogP contribution is 2.31. The number of amides is 4. The van der Waals surface area contributed by atoms with Crippen molar-refractivity contribution < 1.29 is 19.1 Å². The van der Waals surface area contributed by atoms with E-state index in [4.69, 9.17) is 4.74 Å². The number of piperazine rings is 1. The van der Waals surface area contributed by atoms with Crippen molar-refractivity contribution in [2.24, 2.45) is 5.92 Å². The van der Waals surface area contributed by atoms with Crippen LogP contribution in [0.3, 0.4) is 0 Å². The van der Waals surface area contributed by atoms with Gasteiger partial charge >= 0.3 is 6.03 Å². The lowest BCUT2D eigenvalue weighted by Gasteiger charge is -2.37. The first-order valence-electron chi connectivity index (χ1n) is 11.8. The molecule has 2 heterocycles. The molecule has 0 atom stereocenters. The molecule has 0 unspecified atom stereocenters. The summed E-state index contributed by atoms with van der Waals surface area (Å²) in [6.07, 6.45) is 4.86. The van der Waals surface area contributed by atoms with Gasteiger partial charge in [-0.15, -0.1) is 0 Å². The number of methoxy groups -OCH3 is 1. The second kappa shape index (κ2) is 10.2. The van der Waals surface area contributed by atoms with Crippen molar-refractivity contribution >= 4 is 17.8 Å². The fourth-order valence-corrected chi connectivity index (χ4v) is 4.46. The number of carbonyl (C=O) groups excluding carboxylic acids is 3. The molecular weight excluding hydrogens is 408 g/mol. The zero-order chi connectivity index (χ0) is 22.5. The Morgan fingerprint density at radius 3 is 2.09 bits per heavy atom. The van der Waals surface area contributed by atoms with E-state index in [-0.39, 0.29) is 23.9 Å². The number of nitrogens with one attached hydrogen (secondary N) is 1. The van der Waals surface area contributed by atoms with Crippen molar-refractivity contribution in [2.75, 3.05) is 46.4 Å². The van der Waals surface area contributed by atoms with Crippen molar-refractivity contribution in [3.63, 3.8) is 0 Å². The number of nitrogens with zero attached hydrogens (tertiary/aromatic N) is 3. The number of rotatable bonds is 6. The maximum Gasteiger partial charge on any atom is 0.317 e. The molecule has 0 radical (unpaired) electrons. The zero-order valence-electron chi connectivity index (χ0n) is 18.9. The predicted octanol–water partition coefficient (Wildman–Crippen LogP) is 1.88. The van der Waals surface area contributed by atoms with Crippen LogP contribution in [0.1, 0.15) is 37.7 Å².